The van der Waals surface area contributed by atoms with E-state index in [1.54, 1.807) is 24.1 Å². The van der Waals surface area contributed by atoms with Crippen molar-refractivity contribution in [2.75, 3.05) is 18.2 Å². The molecule has 210 valence electrons. The minimum absolute atomic E-state index is 0.0554. The molecule has 0 spiro atoms. The summed E-state index contributed by atoms with van der Waals surface area (Å²) in [5, 5.41) is 24.1. The average Bonchev–Trinajstić information content (AvgIpc) is 3.35. The number of hydrogen-bond donors (Lipinski definition) is 2. The predicted octanol–water partition coefficient (Wildman–Crippen LogP) is 4.64. The molecule has 0 unspecified atom stereocenters. The van der Waals surface area contributed by atoms with Crippen LogP contribution in [-0.4, -0.2) is 58.5 Å². The SMILES string of the molecule is Cc1cc(N2C[C@@H]3C[C@@]4(C)[C@@H]5C[C@H](F)C6=CC(=O)C=C[C@]6(C)[C@@]5(F)[C@@H](O)C[C@]4(C)[C@]3(C(=O)CO)O2)ccc1Cl. The molecule has 9 atom stereocenters. The number of anilines is 1. The number of benzene rings is 1. The van der Waals surface area contributed by atoms with E-state index in [9.17, 15) is 19.8 Å². The minimum atomic E-state index is -2.28. The highest BCUT2D eigenvalue weighted by Crippen LogP contribution is 2.77. The standard InChI is InChI=1S/C30H34ClF2NO5/c1-16-9-18(5-6-21(16)31)34-14-17-12-27(3)23-11-22(32)20-10-19(36)7-8-26(20,2)29(23,33)24(37)13-28(27,4)30(17,39-34)25(38)15-35/h5-10,17,22-24,35,37H,11-15H2,1-4H3/t17-,22-,23-,24-,26-,27-,28-,29-,30-/m0/s1. The Labute approximate surface area is 231 Å². The van der Waals surface area contributed by atoms with E-state index in [2.05, 4.69) is 0 Å². The quantitative estimate of drug-likeness (QED) is 0.559. The molecule has 4 fully saturated rings. The van der Waals surface area contributed by atoms with Crippen molar-refractivity contribution in [2.45, 2.75) is 70.5 Å². The lowest BCUT2D eigenvalue weighted by molar-refractivity contribution is -0.256. The third-order valence-corrected chi connectivity index (χ3v) is 11.8. The topological polar surface area (TPSA) is 87.1 Å². The van der Waals surface area contributed by atoms with Gasteiger partial charge in [0.25, 0.3) is 0 Å². The smallest absolute Gasteiger partial charge is 0.193 e. The molecule has 2 N–H and O–H groups in total. The molecule has 0 aromatic heterocycles. The molecule has 0 bridgehead atoms. The van der Waals surface area contributed by atoms with Crippen LogP contribution in [0, 0.1) is 35.0 Å². The lowest BCUT2D eigenvalue weighted by Crippen LogP contribution is -2.73. The number of carbonyl (C=O) groups is 2. The van der Waals surface area contributed by atoms with Crippen molar-refractivity contribution in [1.82, 2.24) is 0 Å². The summed E-state index contributed by atoms with van der Waals surface area (Å²) in [7, 11) is 0. The Bertz CT molecular complexity index is 1350. The monoisotopic (exact) mass is 561 g/mol. The highest BCUT2D eigenvalue weighted by Gasteiger charge is 2.83. The zero-order chi connectivity index (χ0) is 28.3. The van der Waals surface area contributed by atoms with Crippen LogP contribution in [0.25, 0.3) is 0 Å². The Morgan fingerprint density at radius 2 is 1.97 bits per heavy atom. The van der Waals surface area contributed by atoms with Crippen LogP contribution < -0.4 is 5.06 Å². The molecule has 39 heavy (non-hydrogen) atoms. The van der Waals surface area contributed by atoms with Gasteiger partial charge in [0.1, 0.15) is 12.8 Å². The number of aliphatic hydroxyl groups is 2. The van der Waals surface area contributed by atoms with Crippen molar-refractivity contribution in [3.05, 3.63) is 52.6 Å². The number of allylic oxidation sites excluding steroid dienone is 4. The second-order valence-electron chi connectivity index (χ2n) is 12.8. The first kappa shape index (κ1) is 27.1. The number of ketones is 2. The lowest BCUT2D eigenvalue weighted by Gasteiger charge is -2.67. The lowest BCUT2D eigenvalue weighted by atomic mass is 9.39. The second-order valence-corrected chi connectivity index (χ2v) is 13.2. The molecule has 1 saturated heterocycles. The van der Waals surface area contributed by atoms with Gasteiger partial charge < -0.3 is 10.2 Å². The van der Waals surface area contributed by atoms with Crippen LogP contribution in [0.5, 0.6) is 0 Å². The fourth-order valence-corrected chi connectivity index (χ4v) is 9.38. The fourth-order valence-electron chi connectivity index (χ4n) is 9.26. The maximum atomic E-state index is 17.7. The molecule has 0 radical (unpaired) electrons. The Morgan fingerprint density at radius 1 is 1.26 bits per heavy atom. The third-order valence-electron chi connectivity index (χ3n) is 11.4. The van der Waals surface area contributed by atoms with Gasteiger partial charge in [0.2, 0.25) is 0 Å². The van der Waals surface area contributed by atoms with E-state index >= 15 is 8.78 Å². The van der Waals surface area contributed by atoms with E-state index in [-0.39, 0.29) is 18.4 Å². The molecule has 1 heterocycles. The highest BCUT2D eigenvalue weighted by atomic mass is 35.5. The summed E-state index contributed by atoms with van der Waals surface area (Å²) in [4.78, 5) is 32.4. The summed E-state index contributed by atoms with van der Waals surface area (Å²) < 4.78 is 33.5. The predicted molar refractivity (Wildman–Crippen MR) is 142 cm³/mol. The van der Waals surface area contributed by atoms with Crippen molar-refractivity contribution < 1.29 is 33.4 Å². The number of rotatable bonds is 3. The van der Waals surface area contributed by atoms with E-state index in [0.717, 1.165) is 5.56 Å². The van der Waals surface area contributed by atoms with Crippen LogP contribution in [0.2, 0.25) is 5.02 Å². The number of Topliss-reactive ketones (excluding diaryl/α,β-unsaturated/α-hetero) is 1. The van der Waals surface area contributed by atoms with Gasteiger partial charge in [-0.1, -0.05) is 31.5 Å². The zero-order valence-electron chi connectivity index (χ0n) is 22.5. The van der Waals surface area contributed by atoms with Gasteiger partial charge in [0, 0.05) is 27.7 Å². The number of nitrogens with zero attached hydrogens (tertiary/aromatic N) is 1. The van der Waals surface area contributed by atoms with Gasteiger partial charge in [-0.15, -0.1) is 0 Å². The summed E-state index contributed by atoms with van der Waals surface area (Å²) >= 11 is 6.22. The van der Waals surface area contributed by atoms with Crippen molar-refractivity contribution in [2.24, 2.45) is 28.1 Å². The second kappa shape index (κ2) is 8.21. The van der Waals surface area contributed by atoms with E-state index in [1.807, 2.05) is 26.8 Å². The Hall–Kier alpha value is -2.13. The van der Waals surface area contributed by atoms with Gasteiger partial charge in [-0.3, -0.25) is 19.5 Å². The van der Waals surface area contributed by atoms with Crippen LogP contribution in [-0.2, 0) is 14.4 Å². The number of alkyl halides is 2. The number of carbonyl (C=O) groups excluding carboxylic acids is 2. The maximum Gasteiger partial charge on any atom is 0.193 e. The van der Waals surface area contributed by atoms with Gasteiger partial charge in [-0.25, -0.2) is 8.78 Å². The Morgan fingerprint density at radius 3 is 2.64 bits per heavy atom. The molecule has 1 aliphatic heterocycles. The van der Waals surface area contributed by atoms with Crippen LogP contribution >= 0.6 is 11.6 Å². The molecular formula is C30H34ClF2NO5. The van der Waals surface area contributed by atoms with Crippen LogP contribution in [0.1, 0.15) is 45.6 Å². The molecule has 9 heteroatoms. The van der Waals surface area contributed by atoms with Gasteiger partial charge in [0.05, 0.1) is 18.3 Å². The fraction of sp³-hybridized carbons (Fsp3) is 0.600. The third kappa shape index (κ3) is 3.01. The number of aryl methyl sites for hydroxylation is 1. The van der Waals surface area contributed by atoms with Crippen LogP contribution in [0.15, 0.2) is 42.0 Å². The van der Waals surface area contributed by atoms with Crippen molar-refractivity contribution in [3.63, 3.8) is 0 Å². The van der Waals surface area contributed by atoms with Crippen molar-refractivity contribution in [1.29, 1.82) is 0 Å². The summed E-state index contributed by atoms with van der Waals surface area (Å²) in [5.74, 6) is -2.35. The average molecular weight is 562 g/mol. The van der Waals surface area contributed by atoms with Gasteiger partial charge in [-0.2, -0.15) is 0 Å². The zero-order valence-corrected chi connectivity index (χ0v) is 23.3. The number of fused-ring (bicyclic) bond motifs is 7. The van der Waals surface area contributed by atoms with Gasteiger partial charge >= 0.3 is 0 Å². The Kier molecular flexibility index (Phi) is 5.70. The first-order chi connectivity index (χ1) is 18.2. The highest BCUT2D eigenvalue weighted by molar-refractivity contribution is 6.31. The van der Waals surface area contributed by atoms with Gasteiger partial charge in [0.15, 0.2) is 22.8 Å². The number of aliphatic hydroxyl groups excluding tert-OH is 2. The van der Waals surface area contributed by atoms with Crippen LogP contribution in [0.3, 0.4) is 0 Å². The molecule has 5 aliphatic rings. The molecule has 6 rings (SSSR count). The number of hydroxylamine groups is 1. The summed E-state index contributed by atoms with van der Waals surface area (Å²) in [6, 6.07) is 5.39. The van der Waals surface area contributed by atoms with Gasteiger partial charge in [-0.05, 0) is 80.0 Å². The minimum Gasteiger partial charge on any atom is -0.390 e. The normalized spacial score (nSPS) is 46.3. The van der Waals surface area contributed by atoms with E-state index in [1.165, 1.54) is 18.2 Å². The van der Waals surface area contributed by atoms with Crippen molar-refractivity contribution >= 4 is 28.9 Å². The number of halogens is 3. The Balaban J connectivity index is 1.48. The summed E-state index contributed by atoms with van der Waals surface area (Å²) in [5.41, 5.74) is -5.87. The molecule has 1 aromatic carbocycles. The van der Waals surface area contributed by atoms with Crippen LogP contribution in [0.4, 0.5) is 14.5 Å². The van der Waals surface area contributed by atoms with E-state index < -0.39 is 69.8 Å². The van der Waals surface area contributed by atoms with Crippen molar-refractivity contribution in [3.8, 4) is 0 Å². The molecule has 4 aliphatic carbocycles. The first-order valence-electron chi connectivity index (χ1n) is 13.5. The van der Waals surface area contributed by atoms with E-state index in [0.29, 0.717) is 23.7 Å². The molecule has 0 amide bonds. The maximum absolute atomic E-state index is 17.7. The largest absolute Gasteiger partial charge is 0.390 e. The molecule has 6 nitrogen and oxygen atoms in total. The van der Waals surface area contributed by atoms with E-state index in [4.69, 9.17) is 16.4 Å². The molecule has 3 saturated carbocycles. The summed E-state index contributed by atoms with van der Waals surface area (Å²) in [6.07, 6.45) is 0.654. The summed E-state index contributed by atoms with van der Waals surface area (Å²) in [6.45, 7) is 6.64. The molecule has 1 aromatic rings. The first-order valence-corrected chi connectivity index (χ1v) is 13.9. The molecular weight excluding hydrogens is 528 g/mol. The number of hydrogen-bond acceptors (Lipinski definition) is 6.